The molecule has 186 valence electrons. The van der Waals surface area contributed by atoms with Crippen molar-refractivity contribution in [3.63, 3.8) is 0 Å². The van der Waals surface area contributed by atoms with E-state index in [0.717, 1.165) is 11.1 Å². The lowest BCUT2D eigenvalue weighted by atomic mass is 9.87. The molecule has 3 aromatic carbocycles. The van der Waals surface area contributed by atoms with Crippen molar-refractivity contribution in [3.05, 3.63) is 83.4 Å². The molecular weight excluding hydrogens is 460 g/mol. The Labute approximate surface area is 209 Å². The third kappa shape index (κ3) is 4.66. The number of fused-ring (bicyclic) bond motifs is 1. The van der Waals surface area contributed by atoms with Crippen LogP contribution in [0.4, 0.5) is 0 Å². The van der Waals surface area contributed by atoms with E-state index in [2.05, 4.69) is 5.32 Å². The zero-order chi connectivity index (χ0) is 25.1. The van der Waals surface area contributed by atoms with Gasteiger partial charge in [-0.05, 0) is 47.5 Å². The number of carbonyl (C=O) groups is 2. The number of benzene rings is 3. The number of nitrogens with zero attached hydrogens (tertiary/aromatic N) is 1. The molecule has 2 aliphatic rings. The Morgan fingerprint density at radius 1 is 0.944 bits per heavy atom. The first kappa shape index (κ1) is 23.5. The standard InChI is InChI=1S/C28H28N2O6/c1-33-20-7-5-6-19(13-20)28(32)30-15-22(21-8-3-4-9-24(21)34-2)23(16-30)27(31)29-14-18-10-11-25-26(12-18)36-17-35-25/h3-13,22-23H,14-17H2,1-2H3,(H,29,31)/t22-,23-/m1/s1. The van der Waals surface area contributed by atoms with Crippen LogP contribution in [-0.4, -0.2) is 50.8 Å². The number of para-hydroxylation sites is 1. The fourth-order valence-electron chi connectivity index (χ4n) is 4.83. The fraction of sp³-hybridized carbons (Fsp3) is 0.286. The predicted molar refractivity (Wildman–Crippen MR) is 133 cm³/mol. The average Bonchev–Trinajstić information content (AvgIpc) is 3.58. The molecule has 3 aromatic rings. The van der Waals surface area contributed by atoms with Gasteiger partial charge in [0.05, 0.1) is 20.1 Å². The topological polar surface area (TPSA) is 86.3 Å². The van der Waals surface area contributed by atoms with Gasteiger partial charge in [-0.3, -0.25) is 9.59 Å². The van der Waals surface area contributed by atoms with E-state index in [4.69, 9.17) is 18.9 Å². The molecule has 0 radical (unpaired) electrons. The molecule has 8 nitrogen and oxygen atoms in total. The highest BCUT2D eigenvalue weighted by Crippen LogP contribution is 2.38. The van der Waals surface area contributed by atoms with E-state index in [1.54, 1.807) is 43.4 Å². The van der Waals surface area contributed by atoms with Gasteiger partial charge in [0.1, 0.15) is 11.5 Å². The average molecular weight is 489 g/mol. The number of hydrogen-bond donors (Lipinski definition) is 1. The number of amides is 2. The molecule has 2 aliphatic heterocycles. The molecule has 0 spiro atoms. The fourth-order valence-corrected chi connectivity index (χ4v) is 4.83. The Morgan fingerprint density at radius 2 is 1.78 bits per heavy atom. The molecule has 2 amide bonds. The summed E-state index contributed by atoms with van der Waals surface area (Å²) in [7, 11) is 3.18. The summed E-state index contributed by atoms with van der Waals surface area (Å²) >= 11 is 0. The van der Waals surface area contributed by atoms with Gasteiger partial charge in [-0.1, -0.05) is 30.3 Å². The molecule has 36 heavy (non-hydrogen) atoms. The molecule has 1 fully saturated rings. The molecule has 0 aromatic heterocycles. The van der Waals surface area contributed by atoms with Crippen molar-refractivity contribution in [2.75, 3.05) is 34.1 Å². The molecule has 0 aliphatic carbocycles. The third-order valence-electron chi connectivity index (χ3n) is 6.70. The Kier molecular flexibility index (Phi) is 6.66. The van der Waals surface area contributed by atoms with E-state index in [9.17, 15) is 9.59 Å². The largest absolute Gasteiger partial charge is 0.497 e. The lowest BCUT2D eigenvalue weighted by Gasteiger charge is -2.20. The number of hydrogen-bond acceptors (Lipinski definition) is 6. The van der Waals surface area contributed by atoms with Gasteiger partial charge < -0.3 is 29.2 Å². The first-order valence-electron chi connectivity index (χ1n) is 11.8. The maximum Gasteiger partial charge on any atom is 0.254 e. The van der Waals surface area contributed by atoms with E-state index in [0.29, 0.717) is 48.2 Å². The van der Waals surface area contributed by atoms with Crippen LogP contribution in [0.3, 0.4) is 0 Å². The Hall–Kier alpha value is -4.20. The van der Waals surface area contributed by atoms with Gasteiger partial charge in [-0.15, -0.1) is 0 Å². The van der Waals surface area contributed by atoms with Gasteiger partial charge in [0.15, 0.2) is 11.5 Å². The number of nitrogens with one attached hydrogen (secondary N) is 1. The predicted octanol–water partition coefficient (Wildman–Crippen LogP) is 3.60. The monoisotopic (exact) mass is 488 g/mol. The van der Waals surface area contributed by atoms with E-state index in [1.807, 2.05) is 42.5 Å². The summed E-state index contributed by atoms with van der Waals surface area (Å²) in [6.07, 6.45) is 0. The molecule has 2 heterocycles. The smallest absolute Gasteiger partial charge is 0.254 e. The quantitative estimate of drug-likeness (QED) is 0.547. The number of methoxy groups -OCH3 is 2. The highest BCUT2D eigenvalue weighted by Gasteiger charge is 2.41. The number of ether oxygens (including phenoxy) is 4. The minimum Gasteiger partial charge on any atom is -0.497 e. The van der Waals surface area contributed by atoms with Gasteiger partial charge in [0.25, 0.3) is 5.91 Å². The minimum absolute atomic E-state index is 0.121. The van der Waals surface area contributed by atoms with Crippen molar-refractivity contribution in [3.8, 4) is 23.0 Å². The van der Waals surface area contributed by atoms with Crippen molar-refractivity contribution in [1.29, 1.82) is 0 Å². The second-order valence-electron chi connectivity index (χ2n) is 8.80. The van der Waals surface area contributed by atoms with E-state index >= 15 is 0 Å². The Morgan fingerprint density at radius 3 is 2.61 bits per heavy atom. The van der Waals surface area contributed by atoms with Crippen LogP contribution in [0.25, 0.3) is 0 Å². The SMILES string of the molecule is COc1cccc(C(=O)N2C[C@H](c3ccccc3OC)[C@H](C(=O)NCc3ccc4c(c3)OCO4)C2)c1. The molecule has 1 N–H and O–H groups in total. The van der Waals surface area contributed by atoms with Gasteiger partial charge >= 0.3 is 0 Å². The second kappa shape index (κ2) is 10.2. The first-order valence-corrected chi connectivity index (χ1v) is 11.8. The molecule has 8 heteroatoms. The van der Waals surface area contributed by atoms with Gasteiger partial charge in [0, 0.05) is 31.1 Å². The minimum atomic E-state index is -0.440. The van der Waals surface area contributed by atoms with Crippen molar-refractivity contribution in [1.82, 2.24) is 10.2 Å². The summed E-state index contributed by atoms with van der Waals surface area (Å²) in [5.41, 5.74) is 2.34. The van der Waals surface area contributed by atoms with Crippen LogP contribution in [0.5, 0.6) is 23.0 Å². The summed E-state index contributed by atoms with van der Waals surface area (Å²) in [6.45, 7) is 1.24. The maximum absolute atomic E-state index is 13.5. The Bertz CT molecular complexity index is 1280. The first-order chi connectivity index (χ1) is 17.6. The van der Waals surface area contributed by atoms with Crippen LogP contribution in [0.2, 0.25) is 0 Å². The van der Waals surface area contributed by atoms with E-state index in [-0.39, 0.29) is 24.5 Å². The maximum atomic E-state index is 13.5. The van der Waals surface area contributed by atoms with Crippen LogP contribution in [0, 0.1) is 5.92 Å². The number of carbonyl (C=O) groups excluding carboxylic acids is 2. The Balaban J connectivity index is 1.37. The van der Waals surface area contributed by atoms with E-state index < -0.39 is 5.92 Å². The molecule has 5 rings (SSSR count). The summed E-state index contributed by atoms with van der Waals surface area (Å²) < 4.78 is 21.7. The van der Waals surface area contributed by atoms with Crippen LogP contribution >= 0.6 is 0 Å². The van der Waals surface area contributed by atoms with Crippen LogP contribution < -0.4 is 24.3 Å². The zero-order valence-electron chi connectivity index (χ0n) is 20.2. The van der Waals surface area contributed by atoms with Crippen LogP contribution in [0.1, 0.15) is 27.4 Å². The molecule has 2 atom stereocenters. The summed E-state index contributed by atoms with van der Waals surface area (Å²) in [5.74, 6) is 1.76. The second-order valence-corrected chi connectivity index (χ2v) is 8.80. The number of likely N-dealkylation sites (tertiary alicyclic amines) is 1. The zero-order valence-corrected chi connectivity index (χ0v) is 20.2. The van der Waals surface area contributed by atoms with E-state index in [1.165, 1.54) is 0 Å². The highest BCUT2D eigenvalue weighted by molar-refractivity contribution is 5.95. The van der Waals surface area contributed by atoms with Gasteiger partial charge in [0.2, 0.25) is 12.7 Å². The lowest BCUT2D eigenvalue weighted by molar-refractivity contribution is -0.125. The van der Waals surface area contributed by atoms with Crippen LogP contribution in [0.15, 0.2) is 66.7 Å². The normalized spacial score (nSPS) is 18.1. The van der Waals surface area contributed by atoms with Gasteiger partial charge in [-0.2, -0.15) is 0 Å². The molecular formula is C28H28N2O6. The third-order valence-corrected chi connectivity index (χ3v) is 6.70. The lowest BCUT2D eigenvalue weighted by Crippen LogP contribution is -2.35. The molecule has 0 saturated carbocycles. The van der Waals surface area contributed by atoms with Crippen molar-refractivity contribution >= 4 is 11.8 Å². The number of rotatable bonds is 7. The van der Waals surface area contributed by atoms with Crippen molar-refractivity contribution in [2.45, 2.75) is 12.5 Å². The van der Waals surface area contributed by atoms with Crippen LogP contribution in [-0.2, 0) is 11.3 Å². The van der Waals surface area contributed by atoms with Gasteiger partial charge in [-0.25, -0.2) is 0 Å². The van der Waals surface area contributed by atoms with Crippen molar-refractivity contribution < 1.29 is 28.5 Å². The molecule has 0 bridgehead atoms. The molecule has 0 unspecified atom stereocenters. The van der Waals surface area contributed by atoms with Crippen molar-refractivity contribution in [2.24, 2.45) is 5.92 Å². The molecule has 1 saturated heterocycles. The summed E-state index contributed by atoms with van der Waals surface area (Å²) in [4.78, 5) is 28.6. The summed E-state index contributed by atoms with van der Waals surface area (Å²) in [5, 5.41) is 3.05. The highest BCUT2D eigenvalue weighted by atomic mass is 16.7. The summed E-state index contributed by atoms with van der Waals surface area (Å²) in [6, 6.07) is 20.3.